The van der Waals surface area contributed by atoms with Crippen molar-refractivity contribution in [3.8, 4) is 11.5 Å². The first-order valence-electron chi connectivity index (χ1n) is 7.74. The first-order valence-corrected chi connectivity index (χ1v) is 9.22. The molecule has 0 saturated carbocycles. The second-order valence-corrected chi connectivity index (χ2v) is 7.28. The van der Waals surface area contributed by atoms with E-state index in [0.717, 1.165) is 5.56 Å². The number of carbonyl (C=O) groups is 1. The lowest BCUT2D eigenvalue weighted by Gasteiger charge is -2.18. The van der Waals surface area contributed by atoms with Gasteiger partial charge in [0.15, 0.2) is 11.5 Å². The average Bonchev–Trinajstić information content (AvgIpc) is 2.61. The van der Waals surface area contributed by atoms with Gasteiger partial charge in [0.2, 0.25) is 15.9 Å². The maximum atomic E-state index is 12.3. The Morgan fingerprint density at radius 2 is 1.72 bits per heavy atom. The van der Waals surface area contributed by atoms with Gasteiger partial charge in [-0.05, 0) is 48.4 Å². The highest BCUT2D eigenvalue weighted by molar-refractivity contribution is 7.89. The Kier molecular flexibility index (Phi) is 4.91. The van der Waals surface area contributed by atoms with Gasteiger partial charge in [-0.1, -0.05) is 6.07 Å². The fourth-order valence-electron chi connectivity index (χ4n) is 2.45. The van der Waals surface area contributed by atoms with Crippen LogP contribution in [0.2, 0.25) is 0 Å². The molecule has 132 valence electrons. The summed E-state index contributed by atoms with van der Waals surface area (Å²) in [6.45, 7) is 1.27. The van der Waals surface area contributed by atoms with Crippen molar-refractivity contribution in [1.29, 1.82) is 0 Å². The maximum Gasteiger partial charge on any atom is 0.248 e. The van der Waals surface area contributed by atoms with Crippen molar-refractivity contribution in [2.75, 3.05) is 19.8 Å². The molecule has 0 aliphatic carbocycles. The number of fused-ring (bicyclic) bond motifs is 1. The first kappa shape index (κ1) is 17.2. The molecule has 0 unspecified atom stereocenters. The molecule has 3 rings (SSSR count). The summed E-state index contributed by atoms with van der Waals surface area (Å²) in [6, 6.07) is 11.0. The molecule has 2 aromatic rings. The van der Waals surface area contributed by atoms with Crippen molar-refractivity contribution in [2.45, 2.75) is 11.3 Å². The van der Waals surface area contributed by atoms with Crippen LogP contribution in [0.15, 0.2) is 47.4 Å². The molecule has 1 aliphatic heterocycles. The Labute approximate surface area is 145 Å². The summed E-state index contributed by atoms with van der Waals surface area (Å²) in [5, 5.41) is 0. The summed E-state index contributed by atoms with van der Waals surface area (Å²) in [4.78, 5) is 11.1. The van der Waals surface area contributed by atoms with Crippen LogP contribution < -0.4 is 19.9 Å². The number of rotatable bonds is 6. The van der Waals surface area contributed by atoms with E-state index in [-0.39, 0.29) is 17.0 Å². The minimum absolute atomic E-state index is 0.0830. The molecule has 0 spiro atoms. The number of sulfonamides is 1. The molecule has 1 aliphatic rings. The van der Waals surface area contributed by atoms with Crippen LogP contribution in [0, 0.1) is 0 Å². The third kappa shape index (κ3) is 4.09. The van der Waals surface area contributed by atoms with Gasteiger partial charge in [0.05, 0.1) is 4.90 Å². The van der Waals surface area contributed by atoms with Gasteiger partial charge in [-0.3, -0.25) is 4.79 Å². The summed E-state index contributed by atoms with van der Waals surface area (Å²) in [5.41, 5.74) is 6.34. The molecule has 0 saturated heterocycles. The number of ether oxygens (including phenoxy) is 2. The number of hydrogen-bond donors (Lipinski definition) is 2. The number of carbonyl (C=O) groups excluding carboxylic acids is 1. The lowest BCUT2D eigenvalue weighted by molar-refractivity contribution is 0.1000. The minimum atomic E-state index is -3.65. The fraction of sp³-hybridized carbons (Fsp3) is 0.235. The molecule has 3 N–H and O–H groups in total. The molecule has 2 aromatic carbocycles. The van der Waals surface area contributed by atoms with E-state index in [9.17, 15) is 13.2 Å². The second kappa shape index (κ2) is 7.12. The van der Waals surface area contributed by atoms with E-state index >= 15 is 0 Å². The number of nitrogens with two attached hydrogens (primary N) is 1. The molecular weight excluding hydrogens is 344 g/mol. The SMILES string of the molecule is NC(=O)c1ccc(S(=O)(=O)NCCc2ccc3c(c2)OCCO3)cc1. The number of amides is 1. The van der Waals surface area contributed by atoms with E-state index in [2.05, 4.69) is 4.72 Å². The number of nitrogens with one attached hydrogen (secondary N) is 1. The Balaban J connectivity index is 1.61. The van der Waals surface area contributed by atoms with Crippen LogP contribution in [-0.2, 0) is 16.4 Å². The molecule has 0 aromatic heterocycles. The molecule has 7 nitrogen and oxygen atoms in total. The van der Waals surface area contributed by atoms with Gasteiger partial charge in [-0.15, -0.1) is 0 Å². The lowest BCUT2D eigenvalue weighted by Crippen LogP contribution is -2.26. The van der Waals surface area contributed by atoms with E-state index in [1.165, 1.54) is 24.3 Å². The maximum absolute atomic E-state index is 12.3. The molecule has 0 fully saturated rings. The van der Waals surface area contributed by atoms with Crippen molar-refractivity contribution in [3.05, 3.63) is 53.6 Å². The molecule has 0 radical (unpaired) electrons. The van der Waals surface area contributed by atoms with Crippen LogP contribution >= 0.6 is 0 Å². The summed E-state index contributed by atoms with van der Waals surface area (Å²) in [5.74, 6) is 0.772. The van der Waals surface area contributed by atoms with Crippen LogP contribution in [0.3, 0.4) is 0 Å². The van der Waals surface area contributed by atoms with Crippen LogP contribution in [0.25, 0.3) is 0 Å². The van der Waals surface area contributed by atoms with Crippen molar-refractivity contribution in [3.63, 3.8) is 0 Å². The highest BCUT2D eigenvalue weighted by Crippen LogP contribution is 2.30. The molecule has 8 heteroatoms. The monoisotopic (exact) mass is 362 g/mol. The summed E-state index contributed by atoms with van der Waals surface area (Å²) >= 11 is 0. The van der Waals surface area contributed by atoms with Gasteiger partial charge in [-0.2, -0.15) is 0 Å². The van der Waals surface area contributed by atoms with Gasteiger partial charge in [-0.25, -0.2) is 13.1 Å². The van der Waals surface area contributed by atoms with E-state index < -0.39 is 15.9 Å². The number of primary amides is 1. The molecule has 25 heavy (non-hydrogen) atoms. The van der Waals surface area contributed by atoms with Gasteiger partial charge < -0.3 is 15.2 Å². The molecule has 0 bridgehead atoms. The summed E-state index contributed by atoms with van der Waals surface area (Å²) in [6.07, 6.45) is 0.509. The Hall–Kier alpha value is -2.58. The average molecular weight is 362 g/mol. The van der Waals surface area contributed by atoms with Crippen LogP contribution in [0.4, 0.5) is 0 Å². The second-order valence-electron chi connectivity index (χ2n) is 5.51. The Morgan fingerprint density at radius 3 is 2.40 bits per heavy atom. The first-order chi connectivity index (χ1) is 12.0. The van der Waals surface area contributed by atoms with Crippen LogP contribution in [0.5, 0.6) is 11.5 Å². The van der Waals surface area contributed by atoms with Gasteiger partial charge in [0.25, 0.3) is 0 Å². The van der Waals surface area contributed by atoms with E-state index in [0.29, 0.717) is 31.1 Å². The zero-order valence-electron chi connectivity index (χ0n) is 13.4. The Morgan fingerprint density at radius 1 is 1.04 bits per heavy atom. The van der Waals surface area contributed by atoms with Crippen molar-refractivity contribution in [2.24, 2.45) is 5.73 Å². The zero-order chi connectivity index (χ0) is 17.9. The van der Waals surface area contributed by atoms with Gasteiger partial charge in [0.1, 0.15) is 13.2 Å². The number of benzene rings is 2. The Bertz CT molecular complexity index is 878. The van der Waals surface area contributed by atoms with Crippen molar-refractivity contribution < 1.29 is 22.7 Å². The quantitative estimate of drug-likeness (QED) is 0.799. The minimum Gasteiger partial charge on any atom is -0.486 e. The zero-order valence-corrected chi connectivity index (χ0v) is 14.2. The standard InChI is InChI=1S/C17H18N2O5S/c18-17(20)13-2-4-14(5-3-13)25(21,22)19-8-7-12-1-6-15-16(11-12)24-10-9-23-15/h1-6,11,19H,7-10H2,(H2,18,20). The molecule has 1 amide bonds. The third-order valence-electron chi connectivity index (χ3n) is 3.76. The normalized spacial score (nSPS) is 13.4. The summed E-state index contributed by atoms with van der Waals surface area (Å²) in [7, 11) is -3.65. The van der Waals surface area contributed by atoms with Gasteiger partial charge >= 0.3 is 0 Å². The van der Waals surface area contributed by atoms with E-state index in [4.69, 9.17) is 15.2 Å². The van der Waals surface area contributed by atoms with E-state index in [1.807, 2.05) is 18.2 Å². The van der Waals surface area contributed by atoms with E-state index in [1.54, 1.807) is 0 Å². The topological polar surface area (TPSA) is 108 Å². The highest BCUT2D eigenvalue weighted by atomic mass is 32.2. The molecular formula is C17H18N2O5S. The fourth-order valence-corrected chi connectivity index (χ4v) is 3.49. The molecule has 1 heterocycles. The highest BCUT2D eigenvalue weighted by Gasteiger charge is 2.15. The smallest absolute Gasteiger partial charge is 0.248 e. The van der Waals surface area contributed by atoms with Gasteiger partial charge in [0, 0.05) is 12.1 Å². The van der Waals surface area contributed by atoms with Crippen LogP contribution in [0.1, 0.15) is 15.9 Å². The van der Waals surface area contributed by atoms with Crippen molar-refractivity contribution >= 4 is 15.9 Å². The predicted octanol–water partition coefficient (Wildman–Crippen LogP) is 1.08. The largest absolute Gasteiger partial charge is 0.486 e. The number of hydrogen-bond acceptors (Lipinski definition) is 5. The van der Waals surface area contributed by atoms with Crippen LogP contribution in [-0.4, -0.2) is 34.1 Å². The van der Waals surface area contributed by atoms with Crippen molar-refractivity contribution in [1.82, 2.24) is 4.72 Å². The third-order valence-corrected chi connectivity index (χ3v) is 5.24. The molecule has 0 atom stereocenters. The lowest BCUT2D eigenvalue weighted by atomic mass is 10.1. The summed E-state index contributed by atoms with van der Waals surface area (Å²) < 4.78 is 38.0. The predicted molar refractivity (Wildman–Crippen MR) is 91.3 cm³/mol.